The van der Waals surface area contributed by atoms with Gasteiger partial charge in [0.1, 0.15) is 18.7 Å². The summed E-state index contributed by atoms with van der Waals surface area (Å²) in [7, 11) is 0. The first-order valence-electron chi connectivity index (χ1n) is 14.1. The van der Waals surface area contributed by atoms with Crippen LogP contribution in [0.15, 0.2) is 91.0 Å². The molecule has 0 bridgehead atoms. The van der Waals surface area contributed by atoms with Crippen LogP contribution < -0.4 is 21.3 Å². The van der Waals surface area contributed by atoms with Crippen molar-refractivity contribution in [2.75, 3.05) is 0 Å². The number of aliphatic hydroxyl groups excluding tert-OH is 1. The molecule has 3 aromatic rings. The molecule has 0 saturated heterocycles. The molecule has 0 aliphatic carbocycles. The molecule has 0 heterocycles. The topological polar surface area (TPSA) is 146 Å². The van der Waals surface area contributed by atoms with Gasteiger partial charge in [-0.15, -0.1) is 0 Å². The molecule has 10 nitrogen and oxygen atoms in total. The molecule has 0 spiro atoms. The molecule has 13 heteroatoms. The second-order valence-corrected chi connectivity index (χ2v) is 10.3. The van der Waals surface area contributed by atoms with Gasteiger partial charge in [0.15, 0.2) is 6.10 Å². The molecule has 0 aliphatic heterocycles. The molecule has 2 unspecified atom stereocenters. The second-order valence-electron chi connectivity index (χ2n) is 10.3. The zero-order valence-electron chi connectivity index (χ0n) is 24.4. The minimum atomic E-state index is -4.87. The highest BCUT2D eigenvalue weighted by atomic mass is 19.4. The van der Waals surface area contributed by atoms with E-state index in [4.69, 9.17) is 4.74 Å². The Morgan fingerprint density at radius 2 is 1.27 bits per heavy atom. The van der Waals surface area contributed by atoms with Crippen LogP contribution in [0.2, 0.25) is 0 Å². The highest BCUT2D eigenvalue weighted by Crippen LogP contribution is 2.22. The van der Waals surface area contributed by atoms with Crippen molar-refractivity contribution in [1.82, 2.24) is 21.3 Å². The van der Waals surface area contributed by atoms with Gasteiger partial charge in [-0.2, -0.15) is 13.2 Å². The number of halogens is 3. The van der Waals surface area contributed by atoms with Crippen LogP contribution in [0.1, 0.15) is 30.0 Å². The molecule has 5 N–H and O–H groups in total. The fraction of sp³-hybridized carbons (Fsp3) is 0.312. The van der Waals surface area contributed by atoms with E-state index in [1.54, 1.807) is 91.0 Å². The quantitative estimate of drug-likeness (QED) is 0.186. The van der Waals surface area contributed by atoms with Crippen molar-refractivity contribution in [3.63, 3.8) is 0 Å². The number of hydrogen-bond donors (Lipinski definition) is 5. The average molecular weight is 629 g/mol. The molecule has 4 atom stereocenters. The Morgan fingerprint density at radius 1 is 0.733 bits per heavy atom. The number of amides is 4. The number of aliphatic hydroxyl groups is 1. The van der Waals surface area contributed by atoms with E-state index in [9.17, 15) is 37.5 Å². The number of carbonyl (C=O) groups excluding carboxylic acids is 4. The summed E-state index contributed by atoms with van der Waals surface area (Å²) in [6, 6.07) is 21.0. The molecule has 240 valence electrons. The van der Waals surface area contributed by atoms with Gasteiger partial charge in [-0.3, -0.25) is 14.4 Å². The lowest BCUT2D eigenvalue weighted by molar-refractivity contribution is -0.152. The number of rotatable bonds is 14. The number of hydrogen-bond acceptors (Lipinski definition) is 6. The highest BCUT2D eigenvalue weighted by Gasteiger charge is 2.39. The Bertz CT molecular complexity index is 1390. The standard InChI is InChI=1S/C32H35F3N4O6/c1-21(37-31(44)45-20-24-15-9-4-10-16-24)28(41)39-26(18-32(33,34)35)29(42)38-25(17-22-11-5-2-6-12-22)27(40)30(43)36-19-23-13-7-3-8-14-23/h2-16,21,25-27,40H,17-20H2,1H3,(H,36,43)(H,37,44)(H,38,42)(H,39,41)/t21?,25?,26-,27-/m0/s1. The lowest BCUT2D eigenvalue weighted by Crippen LogP contribution is -2.58. The third-order valence-corrected chi connectivity index (χ3v) is 6.59. The van der Waals surface area contributed by atoms with Crippen molar-refractivity contribution in [2.24, 2.45) is 0 Å². The number of alkyl halides is 3. The Morgan fingerprint density at radius 3 is 1.82 bits per heavy atom. The second kappa shape index (κ2) is 16.8. The molecule has 3 aromatic carbocycles. The molecule has 4 amide bonds. The van der Waals surface area contributed by atoms with E-state index >= 15 is 0 Å². The van der Waals surface area contributed by atoms with Gasteiger partial charge in [0.2, 0.25) is 11.8 Å². The molecule has 0 aliphatic rings. The van der Waals surface area contributed by atoms with E-state index in [1.807, 2.05) is 5.32 Å². The van der Waals surface area contributed by atoms with Crippen LogP contribution >= 0.6 is 0 Å². The van der Waals surface area contributed by atoms with Crippen LogP contribution in [0.5, 0.6) is 0 Å². The van der Waals surface area contributed by atoms with Crippen LogP contribution in [0.3, 0.4) is 0 Å². The molecule has 0 radical (unpaired) electrons. The Hall–Kier alpha value is -4.91. The predicted molar refractivity (Wildman–Crippen MR) is 158 cm³/mol. The highest BCUT2D eigenvalue weighted by molar-refractivity contribution is 5.91. The molecule has 0 saturated carbocycles. The monoisotopic (exact) mass is 628 g/mol. The van der Waals surface area contributed by atoms with Crippen LogP contribution in [0.25, 0.3) is 0 Å². The summed E-state index contributed by atoms with van der Waals surface area (Å²) in [5.74, 6) is -3.23. The molecule has 45 heavy (non-hydrogen) atoms. The zero-order chi connectivity index (χ0) is 32.8. The fourth-order valence-corrected chi connectivity index (χ4v) is 4.21. The first-order chi connectivity index (χ1) is 21.4. The average Bonchev–Trinajstić information content (AvgIpc) is 3.02. The summed E-state index contributed by atoms with van der Waals surface area (Å²) >= 11 is 0. The van der Waals surface area contributed by atoms with Gasteiger partial charge < -0.3 is 31.1 Å². The SMILES string of the molecule is CC(NC(=O)OCc1ccccc1)C(=O)N[C@@H](CC(F)(F)F)C(=O)NC(Cc1ccccc1)[C@H](O)C(=O)NCc1ccccc1. The number of nitrogens with one attached hydrogen (secondary N) is 4. The van der Waals surface area contributed by atoms with Crippen molar-refractivity contribution in [1.29, 1.82) is 0 Å². The number of ether oxygens (including phenoxy) is 1. The number of alkyl carbamates (subject to hydrolysis) is 1. The maximum absolute atomic E-state index is 13.5. The van der Waals surface area contributed by atoms with Gasteiger partial charge in [0.05, 0.1) is 12.5 Å². The van der Waals surface area contributed by atoms with Crippen LogP contribution in [-0.2, 0) is 38.7 Å². The molecule has 0 aromatic heterocycles. The van der Waals surface area contributed by atoms with E-state index in [-0.39, 0.29) is 19.6 Å². The van der Waals surface area contributed by atoms with Crippen LogP contribution in [0, 0.1) is 0 Å². The first kappa shape index (κ1) is 34.6. The summed E-state index contributed by atoms with van der Waals surface area (Å²) in [5.41, 5.74) is 2.00. The van der Waals surface area contributed by atoms with Crippen molar-refractivity contribution in [3.8, 4) is 0 Å². The maximum Gasteiger partial charge on any atom is 0.408 e. The third-order valence-electron chi connectivity index (χ3n) is 6.59. The minimum absolute atomic E-state index is 0.0637. The van der Waals surface area contributed by atoms with Crippen molar-refractivity contribution >= 4 is 23.8 Å². The molecular weight excluding hydrogens is 593 g/mol. The van der Waals surface area contributed by atoms with Gasteiger partial charge >= 0.3 is 12.3 Å². The molecule has 3 rings (SSSR count). The van der Waals surface area contributed by atoms with Crippen molar-refractivity contribution < 1.29 is 42.2 Å². The normalized spacial score (nSPS) is 13.8. The van der Waals surface area contributed by atoms with Crippen molar-refractivity contribution in [2.45, 2.75) is 63.3 Å². The lowest BCUT2D eigenvalue weighted by atomic mass is 9.99. The number of carbonyl (C=O) groups is 4. The third kappa shape index (κ3) is 12.3. The van der Waals surface area contributed by atoms with Crippen LogP contribution in [0.4, 0.5) is 18.0 Å². The summed E-state index contributed by atoms with van der Waals surface area (Å²) in [4.78, 5) is 50.9. The largest absolute Gasteiger partial charge is 0.445 e. The van der Waals surface area contributed by atoms with E-state index < -0.39 is 60.6 Å². The number of benzene rings is 3. The summed E-state index contributed by atoms with van der Waals surface area (Å²) < 4.78 is 45.5. The van der Waals surface area contributed by atoms with Gasteiger partial charge in [-0.1, -0.05) is 91.0 Å². The van der Waals surface area contributed by atoms with E-state index in [0.717, 1.165) is 5.56 Å². The van der Waals surface area contributed by atoms with Gasteiger partial charge in [0.25, 0.3) is 5.91 Å². The smallest absolute Gasteiger partial charge is 0.408 e. The van der Waals surface area contributed by atoms with E-state index in [0.29, 0.717) is 11.1 Å². The summed E-state index contributed by atoms with van der Waals surface area (Å²) in [6.45, 7) is 1.17. The van der Waals surface area contributed by atoms with E-state index in [1.165, 1.54) is 6.92 Å². The first-order valence-corrected chi connectivity index (χ1v) is 14.1. The summed E-state index contributed by atoms with van der Waals surface area (Å²) in [6.07, 6.45) is -9.57. The van der Waals surface area contributed by atoms with Crippen LogP contribution in [-0.4, -0.2) is 59.3 Å². The van der Waals surface area contributed by atoms with Gasteiger partial charge in [-0.25, -0.2) is 4.79 Å². The Balaban J connectivity index is 1.68. The van der Waals surface area contributed by atoms with Crippen molar-refractivity contribution in [3.05, 3.63) is 108 Å². The lowest BCUT2D eigenvalue weighted by Gasteiger charge is -2.27. The minimum Gasteiger partial charge on any atom is -0.445 e. The zero-order valence-corrected chi connectivity index (χ0v) is 24.4. The predicted octanol–water partition coefficient (Wildman–Crippen LogP) is 3.14. The molecule has 0 fully saturated rings. The molecular formula is C32H35F3N4O6. The van der Waals surface area contributed by atoms with Gasteiger partial charge in [0, 0.05) is 6.54 Å². The van der Waals surface area contributed by atoms with Gasteiger partial charge in [-0.05, 0) is 30.0 Å². The summed E-state index contributed by atoms with van der Waals surface area (Å²) in [5, 5.41) is 20.0. The Labute approximate surface area is 258 Å². The fourth-order valence-electron chi connectivity index (χ4n) is 4.21. The van der Waals surface area contributed by atoms with E-state index in [2.05, 4.69) is 16.0 Å². The Kier molecular flexibility index (Phi) is 12.9. The maximum atomic E-state index is 13.5.